The third-order valence-electron chi connectivity index (χ3n) is 2.69. The van der Waals surface area contributed by atoms with Gasteiger partial charge in [-0.15, -0.1) is 0 Å². The maximum Gasteiger partial charge on any atom is 0.241 e. The van der Waals surface area contributed by atoms with Crippen molar-refractivity contribution in [3.05, 3.63) is 42.9 Å². The van der Waals surface area contributed by atoms with Crippen molar-refractivity contribution in [1.82, 2.24) is 24.5 Å². The van der Waals surface area contributed by atoms with Gasteiger partial charge in [0, 0.05) is 12.4 Å². The molecule has 0 fully saturated rings. The summed E-state index contributed by atoms with van der Waals surface area (Å²) in [4.78, 5) is 16.4. The summed E-state index contributed by atoms with van der Waals surface area (Å²) in [5.74, 6) is 1.71. The molecule has 102 valence electrons. The molecule has 3 N–H and O–H groups in total. The highest BCUT2D eigenvalue weighted by Gasteiger charge is 2.12. The van der Waals surface area contributed by atoms with Crippen molar-refractivity contribution in [2.45, 2.75) is 13.0 Å². The van der Waals surface area contributed by atoms with Gasteiger partial charge in [-0.05, 0) is 19.1 Å². The highest BCUT2D eigenvalue weighted by atomic mass is 16.3. The lowest BCUT2D eigenvalue weighted by atomic mass is 10.2. The Bertz CT molecular complexity index is 678. The van der Waals surface area contributed by atoms with E-state index in [-0.39, 0.29) is 12.0 Å². The van der Waals surface area contributed by atoms with E-state index in [1.54, 1.807) is 29.6 Å². The van der Waals surface area contributed by atoms with Crippen molar-refractivity contribution in [3.8, 4) is 5.95 Å². The van der Waals surface area contributed by atoms with Gasteiger partial charge >= 0.3 is 0 Å². The van der Waals surface area contributed by atoms with Crippen LogP contribution in [-0.2, 0) is 0 Å². The summed E-state index contributed by atoms with van der Waals surface area (Å²) >= 11 is 0. The molecule has 0 spiro atoms. The van der Waals surface area contributed by atoms with Gasteiger partial charge in [-0.2, -0.15) is 15.0 Å². The molecular weight excluding hydrogens is 258 g/mol. The molecular formula is C12H13N7O. The van der Waals surface area contributed by atoms with E-state index in [2.05, 4.69) is 25.3 Å². The van der Waals surface area contributed by atoms with Crippen LogP contribution in [0, 0.1) is 0 Å². The normalized spacial score (nSPS) is 12.2. The van der Waals surface area contributed by atoms with Crippen LogP contribution in [0.5, 0.6) is 0 Å². The van der Waals surface area contributed by atoms with E-state index in [1.165, 1.54) is 0 Å². The molecule has 8 heteroatoms. The van der Waals surface area contributed by atoms with Crippen LogP contribution in [0.15, 0.2) is 41.5 Å². The van der Waals surface area contributed by atoms with Gasteiger partial charge in [0.2, 0.25) is 17.8 Å². The molecule has 0 aliphatic rings. The third-order valence-corrected chi connectivity index (χ3v) is 2.69. The minimum Gasteiger partial charge on any atom is -0.467 e. The van der Waals surface area contributed by atoms with Crippen molar-refractivity contribution in [1.29, 1.82) is 0 Å². The number of furan rings is 1. The molecule has 3 aromatic heterocycles. The van der Waals surface area contributed by atoms with Crippen LogP contribution in [0.3, 0.4) is 0 Å². The summed E-state index contributed by atoms with van der Waals surface area (Å²) < 4.78 is 6.97. The van der Waals surface area contributed by atoms with Crippen LogP contribution >= 0.6 is 0 Å². The average molecular weight is 271 g/mol. The summed E-state index contributed by atoms with van der Waals surface area (Å²) in [5.41, 5.74) is 5.70. The first-order valence-corrected chi connectivity index (χ1v) is 6.02. The van der Waals surface area contributed by atoms with Crippen LogP contribution in [-0.4, -0.2) is 24.5 Å². The largest absolute Gasteiger partial charge is 0.467 e. The molecule has 3 aromatic rings. The number of hydrogen-bond acceptors (Lipinski definition) is 7. The molecule has 1 atom stereocenters. The Morgan fingerprint density at radius 2 is 2.25 bits per heavy atom. The van der Waals surface area contributed by atoms with Crippen molar-refractivity contribution in [2.24, 2.45) is 0 Å². The minimum atomic E-state index is -0.0811. The molecule has 0 aromatic carbocycles. The minimum absolute atomic E-state index is 0.0811. The van der Waals surface area contributed by atoms with Gasteiger partial charge in [0.15, 0.2) is 0 Å². The second kappa shape index (κ2) is 5.00. The highest BCUT2D eigenvalue weighted by molar-refractivity contribution is 5.36. The van der Waals surface area contributed by atoms with E-state index < -0.39 is 0 Å². The Balaban J connectivity index is 1.87. The summed E-state index contributed by atoms with van der Waals surface area (Å²) in [6.07, 6.45) is 6.58. The fourth-order valence-electron chi connectivity index (χ4n) is 1.74. The maximum absolute atomic E-state index is 5.70. The zero-order chi connectivity index (χ0) is 13.9. The van der Waals surface area contributed by atoms with Gasteiger partial charge in [0.25, 0.3) is 0 Å². The number of nitrogens with one attached hydrogen (secondary N) is 1. The van der Waals surface area contributed by atoms with Gasteiger partial charge in [0.1, 0.15) is 12.1 Å². The molecule has 3 rings (SSSR count). The summed E-state index contributed by atoms with van der Waals surface area (Å²) in [5, 5.41) is 3.12. The Hall–Kier alpha value is -2.90. The zero-order valence-corrected chi connectivity index (χ0v) is 10.8. The monoisotopic (exact) mass is 271 g/mol. The van der Waals surface area contributed by atoms with Gasteiger partial charge in [-0.3, -0.25) is 4.57 Å². The second-order valence-corrected chi connectivity index (χ2v) is 4.17. The maximum atomic E-state index is 5.70. The van der Waals surface area contributed by atoms with E-state index in [9.17, 15) is 0 Å². The fourth-order valence-corrected chi connectivity index (χ4v) is 1.74. The van der Waals surface area contributed by atoms with Crippen molar-refractivity contribution in [2.75, 3.05) is 11.1 Å². The first-order valence-electron chi connectivity index (χ1n) is 6.02. The first kappa shape index (κ1) is 12.2. The molecule has 0 saturated carbocycles. The molecule has 20 heavy (non-hydrogen) atoms. The first-order chi connectivity index (χ1) is 9.72. The number of anilines is 2. The molecule has 0 bridgehead atoms. The summed E-state index contributed by atoms with van der Waals surface area (Å²) in [7, 11) is 0. The zero-order valence-electron chi connectivity index (χ0n) is 10.8. The van der Waals surface area contributed by atoms with Crippen LogP contribution in [0.25, 0.3) is 5.95 Å². The Morgan fingerprint density at radius 1 is 1.35 bits per heavy atom. The second-order valence-electron chi connectivity index (χ2n) is 4.17. The van der Waals surface area contributed by atoms with Gasteiger partial charge in [-0.1, -0.05) is 0 Å². The van der Waals surface area contributed by atoms with Crippen LogP contribution in [0.4, 0.5) is 11.9 Å². The number of nitrogens with zero attached hydrogens (tertiary/aromatic N) is 5. The van der Waals surface area contributed by atoms with Crippen LogP contribution < -0.4 is 11.1 Å². The number of nitrogens with two attached hydrogens (primary N) is 1. The van der Waals surface area contributed by atoms with E-state index in [0.717, 1.165) is 5.76 Å². The molecule has 0 amide bonds. The third kappa shape index (κ3) is 2.44. The van der Waals surface area contributed by atoms with Crippen molar-refractivity contribution in [3.63, 3.8) is 0 Å². The molecule has 0 aliphatic carbocycles. The molecule has 1 unspecified atom stereocenters. The molecule has 8 nitrogen and oxygen atoms in total. The molecule has 3 heterocycles. The van der Waals surface area contributed by atoms with E-state index in [4.69, 9.17) is 10.2 Å². The number of hydrogen-bond donors (Lipinski definition) is 2. The lowest BCUT2D eigenvalue weighted by Crippen LogP contribution is -2.13. The van der Waals surface area contributed by atoms with Crippen molar-refractivity contribution < 1.29 is 4.42 Å². The number of aromatic nitrogens is 5. The van der Waals surface area contributed by atoms with Gasteiger partial charge < -0.3 is 15.5 Å². The average Bonchev–Trinajstić information content (AvgIpc) is 3.12. The van der Waals surface area contributed by atoms with Crippen LogP contribution in [0.2, 0.25) is 0 Å². The smallest absolute Gasteiger partial charge is 0.241 e. The van der Waals surface area contributed by atoms with Crippen LogP contribution in [0.1, 0.15) is 18.7 Å². The molecule has 0 radical (unpaired) electrons. The quantitative estimate of drug-likeness (QED) is 0.738. The number of rotatable bonds is 4. The van der Waals surface area contributed by atoms with Gasteiger partial charge in [-0.25, -0.2) is 4.98 Å². The van der Waals surface area contributed by atoms with Crippen molar-refractivity contribution >= 4 is 11.9 Å². The topological polar surface area (TPSA) is 108 Å². The van der Waals surface area contributed by atoms with E-state index in [0.29, 0.717) is 11.9 Å². The van der Waals surface area contributed by atoms with E-state index in [1.807, 2.05) is 19.1 Å². The molecule has 0 aliphatic heterocycles. The number of imidazole rings is 1. The lowest BCUT2D eigenvalue weighted by Gasteiger charge is -2.12. The Morgan fingerprint density at radius 3 is 2.95 bits per heavy atom. The predicted octanol–water partition coefficient (Wildman–Crippen LogP) is 1.41. The lowest BCUT2D eigenvalue weighted by molar-refractivity contribution is 0.489. The Labute approximate surface area is 114 Å². The summed E-state index contributed by atoms with van der Waals surface area (Å²) in [6, 6.07) is 3.62. The Kier molecular flexibility index (Phi) is 3.04. The summed E-state index contributed by atoms with van der Waals surface area (Å²) in [6.45, 7) is 1.94. The van der Waals surface area contributed by atoms with E-state index >= 15 is 0 Å². The highest BCUT2D eigenvalue weighted by Crippen LogP contribution is 2.17. The standard InChI is InChI=1S/C12H13N7O/c1-8(9-3-2-6-20-9)15-11-16-10(13)17-12(18-11)19-5-4-14-7-19/h2-8H,1H3,(H3,13,15,16,17,18). The predicted molar refractivity (Wildman–Crippen MR) is 72.1 cm³/mol. The number of nitrogen functional groups attached to an aromatic ring is 1. The molecule has 0 saturated heterocycles. The fraction of sp³-hybridized carbons (Fsp3) is 0.167. The SMILES string of the molecule is CC(Nc1nc(N)nc(-n2ccnc2)n1)c1ccco1. The van der Waals surface area contributed by atoms with Gasteiger partial charge in [0.05, 0.1) is 12.3 Å².